The largest absolute Gasteiger partial charge is 0.497 e. The first-order valence-electron chi connectivity index (χ1n) is 11.4. The molecule has 5 nitrogen and oxygen atoms in total. The van der Waals surface area contributed by atoms with Gasteiger partial charge in [-0.05, 0) is 47.7 Å². The zero-order valence-electron chi connectivity index (χ0n) is 18.9. The molecule has 1 aliphatic heterocycles. The normalized spacial score (nSPS) is 18.1. The van der Waals surface area contributed by atoms with Crippen LogP contribution in [0.15, 0.2) is 89.8 Å². The highest BCUT2D eigenvalue weighted by Gasteiger charge is 2.27. The molecule has 1 fully saturated rings. The summed E-state index contributed by atoms with van der Waals surface area (Å²) in [6.45, 7) is 2.13. The van der Waals surface area contributed by atoms with Gasteiger partial charge >= 0.3 is 0 Å². The molecule has 1 saturated heterocycles. The van der Waals surface area contributed by atoms with Gasteiger partial charge < -0.3 is 15.4 Å². The minimum absolute atomic E-state index is 0.0608. The summed E-state index contributed by atoms with van der Waals surface area (Å²) in [5.74, 6) is 1.02. The minimum atomic E-state index is -0.0608. The predicted octanol–water partition coefficient (Wildman–Crippen LogP) is 4.22. The smallest absolute Gasteiger partial charge is 0.224 e. The molecule has 3 aromatic rings. The SMILES string of the molecule is COc1cccc(SN[C@H]2CNC[C@@H](C(=O)NCC(c3ccccc3)c3ccccc3)C2)c1. The Labute approximate surface area is 200 Å². The number of hydrogen-bond acceptors (Lipinski definition) is 5. The van der Waals surface area contributed by atoms with Crippen LogP contribution >= 0.6 is 11.9 Å². The lowest BCUT2D eigenvalue weighted by molar-refractivity contribution is -0.125. The molecule has 2 atom stereocenters. The van der Waals surface area contributed by atoms with Gasteiger partial charge in [0, 0.05) is 36.5 Å². The lowest BCUT2D eigenvalue weighted by Gasteiger charge is -2.30. The highest BCUT2D eigenvalue weighted by molar-refractivity contribution is 7.97. The molecule has 3 aromatic carbocycles. The average molecular weight is 462 g/mol. The molecule has 0 aliphatic carbocycles. The second-order valence-corrected chi connectivity index (χ2v) is 9.22. The number of rotatable bonds is 9. The van der Waals surface area contributed by atoms with Crippen molar-refractivity contribution in [2.45, 2.75) is 23.3 Å². The molecule has 0 saturated carbocycles. The van der Waals surface area contributed by atoms with Gasteiger partial charge in [-0.1, -0.05) is 66.7 Å². The summed E-state index contributed by atoms with van der Waals surface area (Å²) < 4.78 is 8.81. The predicted molar refractivity (Wildman–Crippen MR) is 134 cm³/mol. The molecule has 172 valence electrons. The molecule has 0 aromatic heterocycles. The zero-order valence-corrected chi connectivity index (χ0v) is 19.7. The first-order valence-corrected chi connectivity index (χ1v) is 12.2. The first kappa shape index (κ1) is 23.4. The van der Waals surface area contributed by atoms with Crippen LogP contribution in [0, 0.1) is 5.92 Å². The number of carbonyl (C=O) groups excluding carboxylic acids is 1. The quantitative estimate of drug-likeness (QED) is 0.417. The third kappa shape index (κ3) is 6.60. The maximum Gasteiger partial charge on any atom is 0.224 e. The Balaban J connectivity index is 1.33. The van der Waals surface area contributed by atoms with E-state index in [2.05, 4.69) is 63.9 Å². The van der Waals surface area contributed by atoms with E-state index in [0.717, 1.165) is 23.6 Å². The van der Waals surface area contributed by atoms with Crippen molar-refractivity contribution in [3.8, 4) is 5.75 Å². The maximum atomic E-state index is 13.1. The molecular formula is C27H31N3O2S. The summed E-state index contributed by atoms with van der Waals surface area (Å²) in [6, 6.07) is 28.9. The number of nitrogens with one attached hydrogen (secondary N) is 3. The Bertz CT molecular complexity index is 977. The molecule has 33 heavy (non-hydrogen) atoms. The van der Waals surface area contributed by atoms with Gasteiger partial charge in [0.2, 0.25) is 5.91 Å². The van der Waals surface area contributed by atoms with E-state index in [1.165, 1.54) is 11.1 Å². The fourth-order valence-electron chi connectivity index (χ4n) is 4.19. The second kappa shape index (κ2) is 11.9. The second-order valence-electron chi connectivity index (χ2n) is 8.31. The van der Waals surface area contributed by atoms with Crippen LogP contribution in [0.1, 0.15) is 23.5 Å². The third-order valence-electron chi connectivity index (χ3n) is 5.99. The van der Waals surface area contributed by atoms with Crippen molar-refractivity contribution in [3.05, 3.63) is 96.1 Å². The molecule has 0 unspecified atom stereocenters. The number of hydrogen-bond donors (Lipinski definition) is 3. The number of carbonyl (C=O) groups is 1. The Morgan fingerprint density at radius 2 is 1.70 bits per heavy atom. The summed E-state index contributed by atoms with van der Waals surface area (Å²) >= 11 is 1.58. The number of ether oxygens (including phenoxy) is 1. The van der Waals surface area contributed by atoms with Gasteiger partial charge in [-0.25, -0.2) is 0 Å². The summed E-state index contributed by atoms with van der Waals surface area (Å²) in [5, 5.41) is 6.64. The molecule has 0 spiro atoms. The van der Waals surface area contributed by atoms with Crippen LogP contribution in [0.3, 0.4) is 0 Å². The fraction of sp³-hybridized carbons (Fsp3) is 0.296. The summed E-state index contributed by atoms with van der Waals surface area (Å²) in [7, 11) is 1.67. The topological polar surface area (TPSA) is 62.4 Å². The Kier molecular flexibility index (Phi) is 8.41. The molecule has 0 radical (unpaired) electrons. The van der Waals surface area contributed by atoms with Crippen LogP contribution in [-0.4, -0.2) is 38.7 Å². The van der Waals surface area contributed by atoms with Gasteiger partial charge in [0.1, 0.15) is 5.75 Å². The van der Waals surface area contributed by atoms with Gasteiger partial charge in [-0.15, -0.1) is 0 Å². The van der Waals surface area contributed by atoms with Crippen LogP contribution < -0.4 is 20.1 Å². The highest BCUT2D eigenvalue weighted by atomic mass is 32.2. The zero-order chi connectivity index (χ0) is 22.9. The molecule has 1 heterocycles. The van der Waals surface area contributed by atoms with Crippen LogP contribution in [0.25, 0.3) is 0 Å². The van der Waals surface area contributed by atoms with Crippen LogP contribution in [0.4, 0.5) is 0 Å². The summed E-state index contributed by atoms with van der Waals surface area (Å²) in [5.41, 5.74) is 2.42. The number of piperidine rings is 1. The molecule has 6 heteroatoms. The van der Waals surface area contributed by atoms with Crippen molar-refractivity contribution >= 4 is 17.9 Å². The van der Waals surface area contributed by atoms with E-state index >= 15 is 0 Å². The number of methoxy groups -OCH3 is 1. The minimum Gasteiger partial charge on any atom is -0.497 e. The standard InChI is InChI=1S/C27H31N3O2S/c1-32-24-13-8-14-25(16-24)33-30-23-15-22(17-28-18-23)27(31)29-19-26(20-9-4-2-5-10-20)21-11-6-3-7-12-21/h2-14,16,22-23,26,28,30H,15,17-19H2,1H3,(H,29,31)/t22-,23+/m0/s1. The van der Waals surface area contributed by atoms with E-state index in [4.69, 9.17) is 4.74 Å². The van der Waals surface area contributed by atoms with Gasteiger partial charge in [-0.3, -0.25) is 9.52 Å². The summed E-state index contributed by atoms with van der Waals surface area (Å²) in [6.07, 6.45) is 0.803. The van der Waals surface area contributed by atoms with E-state index in [1.54, 1.807) is 19.1 Å². The Morgan fingerprint density at radius 1 is 1.00 bits per heavy atom. The third-order valence-corrected chi connectivity index (χ3v) is 6.93. The van der Waals surface area contributed by atoms with Gasteiger partial charge in [0.15, 0.2) is 0 Å². The van der Waals surface area contributed by atoms with Crippen molar-refractivity contribution in [2.75, 3.05) is 26.7 Å². The van der Waals surface area contributed by atoms with Crippen LogP contribution in [0.5, 0.6) is 5.75 Å². The van der Waals surface area contributed by atoms with Crippen LogP contribution in [0.2, 0.25) is 0 Å². The van der Waals surface area contributed by atoms with Gasteiger partial charge in [-0.2, -0.15) is 0 Å². The Hall–Kier alpha value is -2.80. The van der Waals surface area contributed by atoms with Gasteiger partial charge in [0.25, 0.3) is 0 Å². The van der Waals surface area contributed by atoms with Crippen molar-refractivity contribution in [2.24, 2.45) is 5.92 Å². The fourth-order valence-corrected chi connectivity index (χ4v) is 5.00. The highest BCUT2D eigenvalue weighted by Crippen LogP contribution is 2.25. The van der Waals surface area contributed by atoms with Gasteiger partial charge in [0.05, 0.1) is 13.0 Å². The van der Waals surface area contributed by atoms with Crippen LogP contribution in [-0.2, 0) is 4.79 Å². The molecule has 1 aliphatic rings. The van der Waals surface area contributed by atoms with Crippen molar-refractivity contribution < 1.29 is 9.53 Å². The van der Waals surface area contributed by atoms with E-state index in [-0.39, 0.29) is 23.8 Å². The van der Waals surface area contributed by atoms with E-state index < -0.39 is 0 Å². The lowest BCUT2D eigenvalue weighted by Crippen LogP contribution is -2.49. The van der Waals surface area contributed by atoms with E-state index in [1.807, 2.05) is 36.4 Å². The van der Waals surface area contributed by atoms with Crippen molar-refractivity contribution in [3.63, 3.8) is 0 Å². The molecule has 0 bridgehead atoms. The maximum absolute atomic E-state index is 13.1. The molecular weight excluding hydrogens is 430 g/mol. The molecule has 3 N–H and O–H groups in total. The Morgan fingerprint density at radius 3 is 2.36 bits per heavy atom. The molecule has 1 amide bonds. The lowest BCUT2D eigenvalue weighted by atomic mass is 9.90. The van der Waals surface area contributed by atoms with Crippen molar-refractivity contribution in [1.82, 2.24) is 15.4 Å². The van der Waals surface area contributed by atoms with E-state index in [9.17, 15) is 4.79 Å². The molecule has 4 rings (SSSR count). The average Bonchev–Trinajstić information content (AvgIpc) is 2.89. The first-order chi connectivity index (χ1) is 16.2. The van der Waals surface area contributed by atoms with E-state index in [0.29, 0.717) is 13.1 Å². The summed E-state index contributed by atoms with van der Waals surface area (Å²) in [4.78, 5) is 14.2. The number of benzene rings is 3. The number of amides is 1. The van der Waals surface area contributed by atoms with Crippen molar-refractivity contribution in [1.29, 1.82) is 0 Å². The monoisotopic (exact) mass is 461 g/mol.